The Labute approximate surface area is 122 Å². The molecule has 0 aliphatic rings. The summed E-state index contributed by atoms with van der Waals surface area (Å²) in [4.78, 5) is 24.0. The van der Waals surface area contributed by atoms with E-state index in [-0.39, 0.29) is 17.4 Å². The molecule has 0 unspecified atom stereocenters. The maximum absolute atomic E-state index is 12.0. The summed E-state index contributed by atoms with van der Waals surface area (Å²) in [5.41, 5.74) is 1.35. The lowest BCUT2D eigenvalue weighted by molar-refractivity contribution is -0.133. The van der Waals surface area contributed by atoms with E-state index in [9.17, 15) is 9.59 Å². The van der Waals surface area contributed by atoms with Crippen LogP contribution in [-0.2, 0) is 16.1 Å². The van der Waals surface area contributed by atoms with Crippen LogP contribution in [0.2, 0.25) is 0 Å². The van der Waals surface area contributed by atoms with Crippen molar-refractivity contribution in [3.8, 4) is 6.07 Å². The zero-order chi connectivity index (χ0) is 15.0. The van der Waals surface area contributed by atoms with E-state index in [0.29, 0.717) is 18.7 Å². The van der Waals surface area contributed by atoms with E-state index in [1.807, 2.05) is 19.1 Å². The SMILES string of the molecule is CCN(Cc1ccccc1C#N)C(=O)CSCC(=O)O. The summed E-state index contributed by atoms with van der Waals surface area (Å²) >= 11 is 1.08. The molecular formula is C14H16N2O3S. The largest absolute Gasteiger partial charge is 0.481 e. The van der Waals surface area contributed by atoms with Gasteiger partial charge in [0.15, 0.2) is 0 Å². The molecule has 0 aromatic heterocycles. The van der Waals surface area contributed by atoms with Crippen LogP contribution in [0.5, 0.6) is 0 Å². The molecule has 1 N–H and O–H groups in total. The molecule has 106 valence electrons. The lowest BCUT2D eigenvalue weighted by atomic mass is 10.1. The summed E-state index contributed by atoms with van der Waals surface area (Å²) in [7, 11) is 0. The van der Waals surface area contributed by atoms with Crippen LogP contribution in [0.1, 0.15) is 18.1 Å². The Morgan fingerprint density at radius 2 is 2.05 bits per heavy atom. The van der Waals surface area contributed by atoms with E-state index < -0.39 is 5.97 Å². The maximum Gasteiger partial charge on any atom is 0.313 e. The first-order chi connectivity index (χ1) is 9.58. The highest BCUT2D eigenvalue weighted by molar-refractivity contribution is 8.00. The highest BCUT2D eigenvalue weighted by Crippen LogP contribution is 2.12. The number of nitriles is 1. The first-order valence-electron chi connectivity index (χ1n) is 6.13. The summed E-state index contributed by atoms with van der Waals surface area (Å²) in [5.74, 6) is -1.00. The number of nitrogens with zero attached hydrogens (tertiary/aromatic N) is 2. The van der Waals surface area contributed by atoms with E-state index in [1.54, 1.807) is 17.0 Å². The first-order valence-corrected chi connectivity index (χ1v) is 7.29. The van der Waals surface area contributed by atoms with Gasteiger partial charge >= 0.3 is 5.97 Å². The minimum atomic E-state index is -0.930. The molecule has 0 fully saturated rings. The molecule has 1 rings (SSSR count). The standard InChI is InChI=1S/C14H16N2O3S/c1-2-16(13(17)9-20-10-14(18)19)8-12-6-4-3-5-11(12)7-15/h3-6H,2,8-10H2,1H3,(H,18,19). The Morgan fingerprint density at radius 1 is 1.35 bits per heavy atom. The van der Waals surface area contributed by atoms with Gasteiger partial charge in [0.25, 0.3) is 0 Å². The number of thioether (sulfide) groups is 1. The molecule has 0 aliphatic carbocycles. The number of hydrogen-bond acceptors (Lipinski definition) is 4. The maximum atomic E-state index is 12.0. The average Bonchev–Trinajstić information content (AvgIpc) is 2.44. The molecule has 20 heavy (non-hydrogen) atoms. The molecule has 0 heterocycles. The summed E-state index contributed by atoms with van der Waals surface area (Å²) in [6.45, 7) is 2.74. The second-order valence-corrected chi connectivity index (χ2v) is 5.05. The van der Waals surface area contributed by atoms with Gasteiger partial charge in [-0.05, 0) is 18.6 Å². The number of hydrogen-bond donors (Lipinski definition) is 1. The van der Waals surface area contributed by atoms with Gasteiger partial charge in [0.1, 0.15) is 0 Å². The number of aliphatic carboxylic acids is 1. The topological polar surface area (TPSA) is 81.4 Å². The third-order valence-electron chi connectivity index (χ3n) is 2.68. The van der Waals surface area contributed by atoms with Crippen LogP contribution in [0.4, 0.5) is 0 Å². The van der Waals surface area contributed by atoms with Crippen molar-refractivity contribution in [2.75, 3.05) is 18.1 Å². The van der Waals surface area contributed by atoms with Crippen molar-refractivity contribution in [1.82, 2.24) is 4.90 Å². The average molecular weight is 292 g/mol. The first kappa shape index (κ1) is 16.1. The van der Waals surface area contributed by atoms with Gasteiger partial charge in [-0.2, -0.15) is 5.26 Å². The van der Waals surface area contributed by atoms with Crippen molar-refractivity contribution in [3.05, 3.63) is 35.4 Å². The van der Waals surface area contributed by atoms with Crippen molar-refractivity contribution < 1.29 is 14.7 Å². The number of carbonyl (C=O) groups is 2. The molecule has 0 saturated carbocycles. The third kappa shape index (κ3) is 4.94. The minimum absolute atomic E-state index is 0.0852. The Kier molecular flexibility index (Phi) is 6.60. The number of carboxylic acids is 1. The van der Waals surface area contributed by atoms with Crippen LogP contribution in [0.15, 0.2) is 24.3 Å². The smallest absolute Gasteiger partial charge is 0.313 e. The Bertz CT molecular complexity index is 525. The van der Waals surface area contributed by atoms with Crippen molar-refractivity contribution in [1.29, 1.82) is 5.26 Å². The van der Waals surface area contributed by atoms with E-state index in [2.05, 4.69) is 6.07 Å². The number of carboxylic acid groups (broad SMARTS) is 1. The third-order valence-corrected chi connectivity index (χ3v) is 3.59. The Morgan fingerprint density at radius 3 is 2.65 bits per heavy atom. The van der Waals surface area contributed by atoms with Crippen LogP contribution >= 0.6 is 11.8 Å². The van der Waals surface area contributed by atoms with Crippen LogP contribution in [-0.4, -0.2) is 39.9 Å². The van der Waals surface area contributed by atoms with E-state index in [4.69, 9.17) is 10.4 Å². The molecule has 0 bridgehead atoms. The second-order valence-electron chi connectivity index (χ2n) is 4.06. The molecule has 0 aliphatic heterocycles. The second kappa shape index (κ2) is 8.23. The van der Waals surface area contributed by atoms with Crippen molar-refractivity contribution >= 4 is 23.6 Å². The molecular weight excluding hydrogens is 276 g/mol. The number of benzene rings is 1. The van der Waals surface area contributed by atoms with Crippen molar-refractivity contribution in [2.45, 2.75) is 13.5 Å². The molecule has 0 atom stereocenters. The fourth-order valence-corrected chi connectivity index (χ4v) is 2.30. The predicted molar refractivity (Wildman–Crippen MR) is 77.2 cm³/mol. The van der Waals surface area contributed by atoms with Gasteiger partial charge in [-0.25, -0.2) is 0 Å². The quantitative estimate of drug-likeness (QED) is 0.827. The van der Waals surface area contributed by atoms with E-state index >= 15 is 0 Å². The Hall–Kier alpha value is -2.00. The summed E-state index contributed by atoms with van der Waals surface area (Å²) in [5, 5.41) is 17.6. The predicted octanol–water partition coefficient (Wildman–Crippen LogP) is 1.72. The minimum Gasteiger partial charge on any atom is -0.481 e. The molecule has 6 heteroatoms. The summed E-state index contributed by atoms with van der Waals surface area (Å²) in [6, 6.07) is 9.24. The molecule has 5 nitrogen and oxygen atoms in total. The van der Waals surface area contributed by atoms with Gasteiger partial charge in [-0.1, -0.05) is 18.2 Å². The van der Waals surface area contributed by atoms with E-state index in [0.717, 1.165) is 17.3 Å². The van der Waals surface area contributed by atoms with E-state index in [1.165, 1.54) is 0 Å². The number of amides is 1. The van der Waals surface area contributed by atoms with Crippen molar-refractivity contribution in [2.24, 2.45) is 0 Å². The summed E-state index contributed by atoms with van der Waals surface area (Å²) < 4.78 is 0. The zero-order valence-electron chi connectivity index (χ0n) is 11.2. The van der Waals surface area contributed by atoms with Gasteiger partial charge < -0.3 is 10.0 Å². The normalized spacial score (nSPS) is 9.80. The van der Waals surface area contributed by atoms with Gasteiger partial charge in [-0.15, -0.1) is 11.8 Å². The molecule has 1 amide bonds. The Balaban J connectivity index is 2.65. The molecule has 0 radical (unpaired) electrons. The van der Waals surface area contributed by atoms with Crippen molar-refractivity contribution in [3.63, 3.8) is 0 Å². The highest BCUT2D eigenvalue weighted by Gasteiger charge is 2.14. The number of rotatable bonds is 7. The van der Waals surface area contributed by atoms with Gasteiger partial charge in [0, 0.05) is 13.1 Å². The van der Waals surface area contributed by atoms with Crippen LogP contribution in [0.25, 0.3) is 0 Å². The fourth-order valence-electron chi connectivity index (χ4n) is 1.67. The van der Waals surface area contributed by atoms with Gasteiger partial charge in [0.05, 0.1) is 23.1 Å². The fraction of sp³-hybridized carbons (Fsp3) is 0.357. The van der Waals surface area contributed by atoms with Crippen LogP contribution in [0.3, 0.4) is 0 Å². The van der Waals surface area contributed by atoms with Gasteiger partial charge in [-0.3, -0.25) is 9.59 Å². The lowest BCUT2D eigenvalue weighted by Gasteiger charge is -2.21. The molecule has 1 aromatic rings. The van der Waals surface area contributed by atoms with Crippen LogP contribution in [0, 0.1) is 11.3 Å². The number of carbonyl (C=O) groups excluding carboxylic acids is 1. The molecule has 1 aromatic carbocycles. The molecule has 0 saturated heterocycles. The zero-order valence-corrected chi connectivity index (χ0v) is 12.0. The summed E-state index contributed by atoms with van der Waals surface area (Å²) in [6.07, 6.45) is 0. The van der Waals surface area contributed by atoms with Crippen LogP contribution < -0.4 is 0 Å². The molecule has 0 spiro atoms. The highest BCUT2D eigenvalue weighted by atomic mass is 32.2. The lowest BCUT2D eigenvalue weighted by Crippen LogP contribution is -2.32. The van der Waals surface area contributed by atoms with Gasteiger partial charge in [0.2, 0.25) is 5.91 Å². The monoisotopic (exact) mass is 292 g/mol.